The van der Waals surface area contributed by atoms with Crippen LogP contribution in [0.4, 0.5) is 0 Å². The average Bonchev–Trinajstić information content (AvgIpc) is 2.31. The van der Waals surface area contributed by atoms with Gasteiger partial charge in [-0.15, -0.1) is 11.6 Å². The van der Waals surface area contributed by atoms with Gasteiger partial charge in [0.25, 0.3) is 0 Å². The third kappa shape index (κ3) is 4.27. The lowest BCUT2D eigenvalue weighted by molar-refractivity contribution is -0.128. The zero-order valence-electron chi connectivity index (χ0n) is 10.2. The standard InChI is InChI=1S/C13H18ClNO2/c1-13(2,9-14)12(17)15-8-7-10-3-5-11(16)6-4-10/h3-6,16H,7-9H2,1-2H3,(H,15,17). The number of phenols is 1. The largest absolute Gasteiger partial charge is 0.508 e. The van der Waals surface area contributed by atoms with Gasteiger partial charge < -0.3 is 10.4 Å². The van der Waals surface area contributed by atoms with Crippen molar-refractivity contribution < 1.29 is 9.90 Å². The van der Waals surface area contributed by atoms with E-state index in [0.717, 1.165) is 12.0 Å². The topological polar surface area (TPSA) is 49.3 Å². The zero-order valence-corrected chi connectivity index (χ0v) is 10.9. The highest BCUT2D eigenvalue weighted by Crippen LogP contribution is 2.16. The summed E-state index contributed by atoms with van der Waals surface area (Å²) < 4.78 is 0. The Balaban J connectivity index is 2.38. The number of halogens is 1. The van der Waals surface area contributed by atoms with Crippen molar-refractivity contribution in [2.45, 2.75) is 20.3 Å². The van der Waals surface area contributed by atoms with Gasteiger partial charge in [0.2, 0.25) is 5.91 Å². The molecule has 0 aliphatic heterocycles. The maximum absolute atomic E-state index is 11.7. The molecule has 0 aliphatic carbocycles. The van der Waals surface area contributed by atoms with Crippen LogP contribution in [0, 0.1) is 5.41 Å². The van der Waals surface area contributed by atoms with Gasteiger partial charge in [-0.25, -0.2) is 0 Å². The molecule has 1 rings (SSSR count). The number of hydrogen-bond acceptors (Lipinski definition) is 2. The lowest BCUT2D eigenvalue weighted by atomic mass is 9.95. The molecule has 2 N–H and O–H groups in total. The Kier molecular flexibility index (Phi) is 4.82. The monoisotopic (exact) mass is 255 g/mol. The van der Waals surface area contributed by atoms with Crippen molar-refractivity contribution >= 4 is 17.5 Å². The molecule has 0 atom stereocenters. The molecule has 4 heteroatoms. The fourth-order valence-corrected chi connectivity index (χ4v) is 1.40. The Hall–Kier alpha value is -1.22. The highest BCUT2D eigenvalue weighted by atomic mass is 35.5. The van der Waals surface area contributed by atoms with Gasteiger partial charge in [0.1, 0.15) is 5.75 Å². The summed E-state index contributed by atoms with van der Waals surface area (Å²) in [6, 6.07) is 6.96. The Labute approximate surface area is 107 Å². The first-order chi connectivity index (χ1) is 7.95. The third-order valence-corrected chi connectivity index (χ3v) is 3.25. The first-order valence-electron chi connectivity index (χ1n) is 5.58. The van der Waals surface area contributed by atoms with Crippen molar-refractivity contribution in [3.8, 4) is 5.75 Å². The van der Waals surface area contributed by atoms with Crippen LogP contribution in [0.15, 0.2) is 24.3 Å². The number of hydrogen-bond donors (Lipinski definition) is 2. The van der Waals surface area contributed by atoms with E-state index in [0.29, 0.717) is 12.4 Å². The lowest BCUT2D eigenvalue weighted by Gasteiger charge is -2.20. The zero-order chi connectivity index (χ0) is 12.9. The van der Waals surface area contributed by atoms with Crippen molar-refractivity contribution in [3.05, 3.63) is 29.8 Å². The van der Waals surface area contributed by atoms with Gasteiger partial charge >= 0.3 is 0 Å². The fraction of sp³-hybridized carbons (Fsp3) is 0.462. The summed E-state index contributed by atoms with van der Waals surface area (Å²) in [7, 11) is 0. The quantitative estimate of drug-likeness (QED) is 0.794. The van der Waals surface area contributed by atoms with Crippen LogP contribution in [0.3, 0.4) is 0 Å². The van der Waals surface area contributed by atoms with Crippen molar-refractivity contribution in [1.29, 1.82) is 0 Å². The molecule has 0 bridgehead atoms. The number of nitrogens with one attached hydrogen (secondary N) is 1. The second-order valence-corrected chi connectivity index (χ2v) is 4.96. The van der Waals surface area contributed by atoms with Crippen molar-refractivity contribution in [1.82, 2.24) is 5.32 Å². The highest BCUT2D eigenvalue weighted by Gasteiger charge is 2.25. The molecule has 94 valence electrons. The minimum Gasteiger partial charge on any atom is -0.508 e. The highest BCUT2D eigenvalue weighted by molar-refractivity contribution is 6.19. The number of aromatic hydroxyl groups is 1. The van der Waals surface area contributed by atoms with Gasteiger partial charge in [-0.1, -0.05) is 12.1 Å². The van der Waals surface area contributed by atoms with Crippen LogP contribution in [0.1, 0.15) is 19.4 Å². The van der Waals surface area contributed by atoms with Crippen LogP contribution in [-0.2, 0) is 11.2 Å². The number of alkyl halides is 1. The Bertz CT molecular complexity index is 374. The molecule has 3 nitrogen and oxygen atoms in total. The van der Waals surface area contributed by atoms with Gasteiger partial charge in [-0.3, -0.25) is 4.79 Å². The van der Waals surface area contributed by atoms with Crippen LogP contribution in [0.2, 0.25) is 0 Å². The number of phenolic OH excluding ortho intramolecular Hbond substituents is 1. The Morgan fingerprint density at radius 1 is 1.35 bits per heavy atom. The normalized spacial score (nSPS) is 11.2. The van der Waals surface area contributed by atoms with E-state index in [1.165, 1.54) is 0 Å². The average molecular weight is 256 g/mol. The fourth-order valence-electron chi connectivity index (χ4n) is 1.28. The number of amides is 1. The molecule has 0 fully saturated rings. The van der Waals surface area contributed by atoms with E-state index in [1.54, 1.807) is 12.1 Å². The Morgan fingerprint density at radius 2 is 1.94 bits per heavy atom. The predicted octanol–water partition coefficient (Wildman–Crippen LogP) is 2.32. The summed E-state index contributed by atoms with van der Waals surface area (Å²) in [5.74, 6) is 0.519. The van der Waals surface area contributed by atoms with Crippen LogP contribution < -0.4 is 5.32 Å². The molecule has 17 heavy (non-hydrogen) atoms. The second kappa shape index (κ2) is 5.92. The lowest BCUT2D eigenvalue weighted by Crippen LogP contribution is -2.39. The van der Waals surface area contributed by atoms with Gasteiger partial charge in [0.15, 0.2) is 0 Å². The minimum atomic E-state index is -0.531. The molecule has 0 saturated carbocycles. The van der Waals surface area contributed by atoms with Crippen molar-refractivity contribution in [2.75, 3.05) is 12.4 Å². The molecular formula is C13H18ClNO2. The summed E-state index contributed by atoms with van der Waals surface area (Å²) in [5, 5.41) is 12.0. The van der Waals surface area contributed by atoms with E-state index in [9.17, 15) is 4.79 Å². The van der Waals surface area contributed by atoms with Gasteiger partial charge in [-0.2, -0.15) is 0 Å². The maximum Gasteiger partial charge on any atom is 0.226 e. The first-order valence-corrected chi connectivity index (χ1v) is 6.11. The minimum absolute atomic E-state index is 0.0359. The predicted molar refractivity (Wildman–Crippen MR) is 69.3 cm³/mol. The number of benzene rings is 1. The SMILES string of the molecule is CC(C)(CCl)C(=O)NCCc1ccc(O)cc1. The van der Waals surface area contributed by atoms with Gasteiger partial charge in [0, 0.05) is 12.4 Å². The van der Waals surface area contributed by atoms with E-state index in [1.807, 2.05) is 26.0 Å². The molecule has 0 saturated heterocycles. The molecule has 1 aromatic rings. The van der Waals surface area contributed by atoms with Crippen LogP contribution >= 0.6 is 11.6 Å². The molecule has 0 spiro atoms. The summed E-state index contributed by atoms with van der Waals surface area (Å²) in [5.41, 5.74) is 0.544. The third-order valence-electron chi connectivity index (χ3n) is 2.58. The number of carbonyl (C=O) groups excluding carboxylic acids is 1. The summed E-state index contributed by atoms with van der Waals surface area (Å²) in [6.45, 7) is 4.20. The van der Waals surface area contributed by atoms with Gasteiger partial charge in [0.05, 0.1) is 5.41 Å². The molecule has 0 aliphatic rings. The first kappa shape index (κ1) is 13.8. The summed E-state index contributed by atoms with van der Waals surface area (Å²) in [6.07, 6.45) is 0.740. The molecule has 0 aromatic heterocycles. The van der Waals surface area contributed by atoms with Crippen LogP contribution in [-0.4, -0.2) is 23.4 Å². The van der Waals surface area contributed by atoms with Crippen molar-refractivity contribution in [2.24, 2.45) is 5.41 Å². The molecule has 1 aromatic carbocycles. The molecule has 0 radical (unpaired) electrons. The van der Waals surface area contributed by atoms with E-state index in [-0.39, 0.29) is 11.7 Å². The van der Waals surface area contributed by atoms with Crippen LogP contribution in [0.25, 0.3) is 0 Å². The smallest absolute Gasteiger partial charge is 0.226 e. The summed E-state index contributed by atoms with van der Waals surface area (Å²) in [4.78, 5) is 11.7. The van der Waals surface area contributed by atoms with Crippen molar-refractivity contribution in [3.63, 3.8) is 0 Å². The summed E-state index contributed by atoms with van der Waals surface area (Å²) >= 11 is 5.71. The molecule has 0 unspecified atom stereocenters. The van der Waals surface area contributed by atoms with E-state index >= 15 is 0 Å². The van der Waals surface area contributed by atoms with E-state index in [4.69, 9.17) is 16.7 Å². The number of rotatable bonds is 5. The molecule has 1 amide bonds. The Morgan fingerprint density at radius 3 is 2.47 bits per heavy atom. The molecular weight excluding hydrogens is 238 g/mol. The second-order valence-electron chi connectivity index (χ2n) is 4.69. The number of carbonyl (C=O) groups is 1. The van der Waals surface area contributed by atoms with Crippen LogP contribution in [0.5, 0.6) is 5.75 Å². The van der Waals surface area contributed by atoms with Gasteiger partial charge in [-0.05, 0) is 38.0 Å². The van der Waals surface area contributed by atoms with E-state index in [2.05, 4.69) is 5.32 Å². The van der Waals surface area contributed by atoms with E-state index < -0.39 is 5.41 Å². The molecule has 0 heterocycles. The maximum atomic E-state index is 11.7.